The van der Waals surface area contributed by atoms with Crippen LogP contribution in [0.25, 0.3) is 0 Å². The van der Waals surface area contributed by atoms with E-state index in [1.165, 1.54) is 36.7 Å². The van der Waals surface area contributed by atoms with E-state index in [-0.39, 0.29) is 28.6 Å². The summed E-state index contributed by atoms with van der Waals surface area (Å²) in [7, 11) is 0. The van der Waals surface area contributed by atoms with Gasteiger partial charge in [-0.25, -0.2) is 14.4 Å². The van der Waals surface area contributed by atoms with Gasteiger partial charge in [-0.1, -0.05) is 29.8 Å². The normalized spacial score (nSPS) is 12.6. The second-order valence-corrected chi connectivity index (χ2v) is 6.39. The van der Waals surface area contributed by atoms with Gasteiger partial charge in [0, 0.05) is 35.1 Å². The van der Waals surface area contributed by atoms with E-state index in [0.717, 1.165) is 12.1 Å². The van der Waals surface area contributed by atoms with E-state index in [1.54, 1.807) is 6.07 Å². The quantitative estimate of drug-likeness (QED) is 0.581. The monoisotopic (exact) mass is 411 g/mol. The highest BCUT2D eigenvalue weighted by atomic mass is 35.5. The SMILES string of the molecule is OC(c1cnc(NCc2ccc(Cl)cc2F)nc1)c1cccc(C(F)(F)F)c1. The Kier molecular flexibility index (Phi) is 5.81. The van der Waals surface area contributed by atoms with Crippen LogP contribution in [0.3, 0.4) is 0 Å². The molecule has 146 valence electrons. The van der Waals surface area contributed by atoms with Crippen LogP contribution in [0.2, 0.25) is 5.02 Å². The Bertz CT molecular complexity index is 964. The molecule has 4 nitrogen and oxygen atoms in total. The van der Waals surface area contributed by atoms with Crippen LogP contribution >= 0.6 is 11.6 Å². The molecule has 3 aromatic rings. The van der Waals surface area contributed by atoms with Crippen molar-refractivity contribution in [2.24, 2.45) is 0 Å². The molecular weight excluding hydrogens is 398 g/mol. The lowest BCUT2D eigenvalue weighted by Gasteiger charge is -2.14. The average molecular weight is 412 g/mol. The minimum absolute atomic E-state index is 0.0716. The maximum absolute atomic E-state index is 13.7. The number of nitrogens with one attached hydrogen (secondary N) is 1. The van der Waals surface area contributed by atoms with Gasteiger partial charge in [0.1, 0.15) is 11.9 Å². The molecule has 0 fully saturated rings. The van der Waals surface area contributed by atoms with Crippen molar-refractivity contribution in [1.82, 2.24) is 9.97 Å². The van der Waals surface area contributed by atoms with Gasteiger partial charge in [0.2, 0.25) is 5.95 Å². The van der Waals surface area contributed by atoms with Gasteiger partial charge in [-0.2, -0.15) is 13.2 Å². The zero-order valence-corrected chi connectivity index (χ0v) is 15.0. The average Bonchev–Trinajstić information content (AvgIpc) is 2.67. The van der Waals surface area contributed by atoms with Crippen LogP contribution in [-0.2, 0) is 12.7 Å². The van der Waals surface area contributed by atoms with Gasteiger partial charge in [-0.3, -0.25) is 0 Å². The minimum atomic E-state index is -4.50. The lowest BCUT2D eigenvalue weighted by Crippen LogP contribution is -2.09. The van der Waals surface area contributed by atoms with Gasteiger partial charge in [-0.15, -0.1) is 0 Å². The summed E-state index contributed by atoms with van der Waals surface area (Å²) in [4.78, 5) is 8.01. The third-order valence-corrected chi connectivity index (χ3v) is 4.20. The Morgan fingerprint density at radius 1 is 1.04 bits per heavy atom. The van der Waals surface area contributed by atoms with E-state index in [1.807, 2.05) is 0 Å². The summed E-state index contributed by atoms with van der Waals surface area (Å²) in [6.07, 6.45) is -3.24. The number of aliphatic hydroxyl groups is 1. The van der Waals surface area contributed by atoms with Crippen molar-refractivity contribution in [1.29, 1.82) is 0 Å². The van der Waals surface area contributed by atoms with Gasteiger partial charge in [-0.05, 0) is 29.8 Å². The Morgan fingerprint density at radius 3 is 2.39 bits per heavy atom. The molecule has 0 amide bonds. The van der Waals surface area contributed by atoms with Crippen molar-refractivity contribution in [3.63, 3.8) is 0 Å². The van der Waals surface area contributed by atoms with Gasteiger partial charge >= 0.3 is 6.18 Å². The summed E-state index contributed by atoms with van der Waals surface area (Å²) < 4.78 is 52.2. The van der Waals surface area contributed by atoms with Crippen LogP contribution < -0.4 is 5.32 Å². The number of hydrogen-bond donors (Lipinski definition) is 2. The predicted molar refractivity (Wildman–Crippen MR) is 96.3 cm³/mol. The summed E-state index contributed by atoms with van der Waals surface area (Å²) in [5.41, 5.74) is -0.195. The highest BCUT2D eigenvalue weighted by molar-refractivity contribution is 6.30. The van der Waals surface area contributed by atoms with Gasteiger partial charge in [0.05, 0.1) is 5.56 Å². The van der Waals surface area contributed by atoms with E-state index in [4.69, 9.17) is 11.6 Å². The lowest BCUT2D eigenvalue weighted by molar-refractivity contribution is -0.137. The molecule has 9 heteroatoms. The van der Waals surface area contributed by atoms with Crippen molar-refractivity contribution in [2.75, 3.05) is 5.32 Å². The van der Waals surface area contributed by atoms with Crippen molar-refractivity contribution in [2.45, 2.75) is 18.8 Å². The standard InChI is InChI=1S/C19H14ClF4N3O/c20-15-5-4-12(16(21)7-15)8-25-18-26-9-13(10-27-18)17(28)11-2-1-3-14(6-11)19(22,23)24/h1-7,9-10,17,28H,8H2,(H,25,26,27). The molecule has 2 aromatic carbocycles. The first-order valence-electron chi connectivity index (χ1n) is 8.09. The number of nitrogens with zero attached hydrogens (tertiary/aromatic N) is 2. The van der Waals surface area contributed by atoms with Gasteiger partial charge in [0.25, 0.3) is 0 Å². The van der Waals surface area contributed by atoms with Gasteiger partial charge in [0.15, 0.2) is 0 Å². The molecule has 1 atom stereocenters. The number of aliphatic hydroxyl groups excluding tert-OH is 1. The second-order valence-electron chi connectivity index (χ2n) is 5.96. The van der Waals surface area contributed by atoms with Crippen molar-refractivity contribution in [3.8, 4) is 0 Å². The molecule has 0 bridgehead atoms. The third kappa shape index (κ3) is 4.76. The largest absolute Gasteiger partial charge is 0.416 e. The summed E-state index contributed by atoms with van der Waals surface area (Å²) in [6.45, 7) is 0.110. The summed E-state index contributed by atoms with van der Waals surface area (Å²) in [5, 5.41) is 13.4. The van der Waals surface area contributed by atoms with Crippen molar-refractivity contribution >= 4 is 17.5 Å². The summed E-state index contributed by atoms with van der Waals surface area (Å²) >= 11 is 5.70. The van der Waals surface area contributed by atoms with Crippen LogP contribution in [0.5, 0.6) is 0 Å². The van der Waals surface area contributed by atoms with Crippen LogP contribution in [0.15, 0.2) is 54.9 Å². The molecule has 28 heavy (non-hydrogen) atoms. The van der Waals surface area contributed by atoms with Crippen molar-refractivity contribution in [3.05, 3.63) is 88.0 Å². The Labute approximate surface area is 162 Å². The van der Waals surface area contributed by atoms with Crippen LogP contribution in [0, 0.1) is 5.82 Å². The van der Waals surface area contributed by atoms with Crippen LogP contribution in [0.4, 0.5) is 23.5 Å². The third-order valence-electron chi connectivity index (χ3n) is 3.97. The Morgan fingerprint density at radius 2 is 1.75 bits per heavy atom. The second kappa shape index (κ2) is 8.12. The predicted octanol–water partition coefficient (Wildman–Crippen LogP) is 4.98. The molecule has 1 unspecified atom stereocenters. The lowest BCUT2D eigenvalue weighted by atomic mass is 10.0. The number of hydrogen-bond acceptors (Lipinski definition) is 4. The molecule has 3 rings (SSSR count). The number of halogens is 5. The van der Waals surface area contributed by atoms with E-state index in [0.29, 0.717) is 5.56 Å². The summed E-state index contributed by atoms with van der Waals surface area (Å²) in [5.74, 6) is -0.300. The van der Waals surface area contributed by atoms with E-state index in [2.05, 4.69) is 15.3 Å². The van der Waals surface area contributed by atoms with Crippen LogP contribution in [0.1, 0.15) is 28.4 Å². The highest BCUT2D eigenvalue weighted by Crippen LogP contribution is 2.32. The number of benzene rings is 2. The molecule has 0 saturated heterocycles. The first-order chi connectivity index (χ1) is 13.2. The number of anilines is 1. The molecule has 0 radical (unpaired) electrons. The molecule has 0 saturated carbocycles. The van der Waals surface area contributed by atoms with E-state index >= 15 is 0 Å². The van der Waals surface area contributed by atoms with E-state index < -0.39 is 23.7 Å². The zero-order valence-electron chi connectivity index (χ0n) is 14.2. The number of aromatic nitrogens is 2. The molecular formula is C19H14ClF4N3O. The van der Waals surface area contributed by atoms with Crippen molar-refractivity contribution < 1.29 is 22.7 Å². The number of rotatable bonds is 5. The Hall–Kier alpha value is -2.71. The molecule has 1 aromatic heterocycles. The molecule has 0 aliphatic heterocycles. The summed E-state index contributed by atoms with van der Waals surface area (Å²) in [6, 6.07) is 8.67. The van der Waals surface area contributed by atoms with E-state index in [9.17, 15) is 22.7 Å². The zero-order chi connectivity index (χ0) is 20.3. The molecule has 1 heterocycles. The molecule has 0 aliphatic carbocycles. The van der Waals surface area contributed by atoms with Gasteiger partial charge < -0.3 is 10.4 Å². The fourth-order valence-electron chi connectivity index (χ4n) is 2.49. The first kappa shape index (κ1) is 20.0. The topological polar surface area (TPSA) is 58.0 Å². The molecule has 0 aliphatic rings. The minimum Gasteiger partial charge on any atom is -0.384 e. The fraction of sp³-hybridized carbons (Fsp3) is 0.158. The fourth-order valence-corrected chi connectivity index (χ4v) is 2.65. The highest BCUT2D eigenvalue weighted by Gasteiger charge is 2.31. The molecule has 2 N–H and O–H groups in total. The molecule has 0 spiro atoms. The smallest absolute Gasteiger partial charge is 0.384 e. The van der Waals surface area contributed by atoms with Crippen LogP contribution in [-0.4, -0.2) is 15.1 Å². The first-order valence-corrected chi connectivity index (χ1v) is 8.47. The maximum atomic E-state index is 13.7. The number of alkyl halides is 3. The Balaban J connectivity index is 1.70. The maximum Gasteiger partial charge on any atom is 0.416 e.